The average Bonchev–Trinajstić information content (AvgIpc) is 2.71. The van der Waals surface area contributed by atoms with E-state index in [0.29, 0.717) is 6.01 Å². The summed E-state index contributed by atoms with van der Waals surface area (Å²) in [5, 5.41) is 0. The molecule has 0 aliphatic carbocycles. The van der Waals surface area contributed by atoms with Gasteiger partial charge in [-0.3, -0.25) is 4.57 Å². The number of ether oxygens (including phenoxy) is 2. The molecule has 1 heterocycles. The molecule has 0 aliphatic rings. The van der Waals surface area contributed by atoms with Gasteiger partial charge >= 0.3 is 6.01 Å². The van der Waals surface area contributed by atoms with Crippen molar-refractivity contribution in [3.05, 3.63) is 36.2 Å². The lowest BCUT2D eigenvalue weighted by atomic mass is 10.3. The van der Waals surface area contributed by atoms with Gasteiger partial charge in [0.05, 0.1) is 13.3 Å². The Morgan fingerprint density at radius 1 is 1.18 bits per heavy atom. The molecular weight excluding hydrogens is 216 g/mol. The first-order chi connectivity index (χ1) is 8.24. The van der Waals surface area contributed by atoms with Gasteiger partial charge in [-0.05, 0) is 38.1 Å². The van der Waals surface area contributed by atoms with Crippen LogP contribution < -0.4 is 9.47 Å². The van der Waals surface area contributed by atoms with Crippen molar-refractivity contribution in [3.63, 3.8) is 0 Å². The first-order valence-corrected chi connectivity index (χ1v) is 5.58. The summed E-state index contributed by atoms with van der Waals surface area (Å²) in [5.41, 5.74) is 1.09. The molecule has 2 aromatic rings. The number of hydrogen-bond donors (Lipinski definition) is 0. The molecule has 0 atom stereocenters. The van der Waals surface area contributed by atoms with E-state index in [9.17, 15) is 0 Å². The molecule has 0 saturated carbocycles. The molecule has 4 heteroatoms. The predicted molar refractivity (Wildman–Crippen MR) is 65.7 cm³/mol. The third kappa shape index (κ3) is 2.41. The first kappa shape index (κ1) is 11.5. The zero-order valence-corrected chi connectivity index (χ0v) is 10.3. The van der Waals surface area contributed by atoms with Gasteiger partial charge in [0.1, 0.15) is 11.5 Å². The summed E-state index contributed by atoms with van der Waals surface area (Å²) in [6.07, 6.45) is 1.81. The molecule has 0 radical (unpaired) electrons. The maximum atomic E-state index is 5.72. The molecule has 0 aliphatic heterocycles. The quantitative estimate of drug-likeness (QED) is 0.813. The largest absolute Gasteiger partial charge is 0.497 e. The smallest absolute Gasteiger partial charge is 0.302 e. The Morgan fingerprint density at radius 2 is 1.82 bits per heavy atom. The standard InChI is InChI=1S/C13H16N2O2/c1-4-15-10(2)9-14-13(15)17-12-7-5-11(16-3)6-8-12/h5-9H,4H2,1-3H3. The topological polar surface area (TPSA) is 36.3 Å². The van der Waals surface area contributed by atoms with Crippen LogP contribution in [0.15, 0.2) is 30.5 Å². The second-order valence-corrected chi connectivity index (χ2v) is 3.70. The van der Waals surface area contributed by atoms with E-state index in [-0.39, 0.29) is 0 Å². The van der Waals surface area contributed by atoms with Gasteiger partial charge in [-0.2, -0.15) is 0 Å². The molecule has 1 aromatic carbocycles. The van der Waals surface area contributed by atoms with Gasteiger partial charge in [0.25, 0.3) is 0 Å². The molecule has 4 nitrogen and oxygen atoms in total. The lowest BCUT2D eigenvalue weighted by molar-refractivity contribution is 0.403. The highest BCUT2D eigenvalue weighted by atomic mass is 16.5. The van der Waals surface area contributed by atoms with E-state index >= 15 is 0 Å². The minimum atomic E-state index is 0.621. The normalized spacial score (nSPS) is 10.3. The Hall–Kier alpha value is -1.97. The van der Waals surface area contributed by atoms with Crippen LogP contribution in [0.2, 0.25) is 0 Å². The van der Waals surface area contributed by atoms with Crippen molar-refractivity contribution in [2.45, 2.75) is 20.4 Å². The molecule has 1 aromatic heterocycles. The van der Waals surface area contributed by atoms with Crippen molar-refractivity contribution in [1.82, 2.24) is 9.55 Å². The van der Waals surface area contributed by atoms with Crippen LogP contribution in [0.3, 0.4) is 0 Å². The highest BCUT2D eigenvalue weighted by Gasteiger charge is 2.07. The third-order valence-electron chi connectivity index (χ3n) is 2.60. The number of aromatic nitrogens is 2. The summed E-state index contributed by atoms with van der Waals surface area (Å²) in [7, 11) is 1.64. The lowest BCUT2D eigenvalue weighted by Gasteiger charge is -2.08. The Balaban J connectivity index is 2.19. The summed E-state index contributed by atoms with van der Waals surface area (Å²) in [6, 6.07) is 8.07. The van der Waals surface area contributed by atoms with Crippen LogP contribution in [0, 0.1) is 6.92 Å². The van der Waals surface area contributed by atoms with Crippen molar-refractivity contribution in [2.24, 2.45) is 0 Å². The highest BCUT2D eigenvalue weighted by Crippen LogP contribution is 2.23. The fraction of sp³-hybridized carbons (Fsp3) is 0.308. The second kappa shape index (κ2) is 4.91. The van der Waals surface area contributed by atoms with Gasteiger partial charge in [0, 0.05) is 12.2 Å². The number of rotatable bonds is 4. The molecule has 0 unspecified atom stereocenters. The minimum Gasteiger partial charge on any atom is -0.497 e. The van der Waals surface area contributed by atoms with Crippen LogP contribution in [0.1, 0.15) is 12.6 Å². The Labute approximate surface area is 101 Å². The van der Waals surface area contributed by atoms with E-state index < -0.39 is 0 Å². The van der Waals surface area contributed by atoms with Crippen LogP contribution >= 0.6 is 0 Å². The van der Waals surface area contributed by atoms with Gasteiger partial charge in [-0.25, -0.2) is 4.98 Å². The van der Waals surface area contributed by atoms with E-state index in [1.807, 2.05) is 42.0 Å². The number of methoxy groups -OCH3 is 1. The van der Waals surface area contributed by atoms with Gasteiger partial charge in [-0.15, -0.1) is 0 Å². The Kier molecular flexibility index (Phi) is 3.32. The predicted octanol–water partition coefficient (Wildman–Crippen LogP) is 3.01. The number of nitrogens with zero attached hydrogens (tertiary/aromatic N) is 2. The lowest BCUT2D eigenvalue weighted by Crippen LogP contribution is -2.00. The van der Waals surface area contributed by atoms with Gasteiger partial charge in [0.15, 0.2) is 0 Å². The first-order valence-electron chi connectivity index (χ1n) is 5.58. The second-order valence-electron chi connectivity index (χ2n) is 3.70. The molecule has 0 saturated heterocycles. The minimum absolute atomic E-state index is 0.621. The van der Waals surface area contributed by atoms with Crippen molar-refractivity contribution in [1.29, 1.82) is 0 Å². The molecule has 17 heavy (non-hydrogen) atoms. The van der Waals surface area contributed by atoms with Crippen molar-refractivity contribution in [2.75, 3.05) is 7.11 Å². The molecule has 2 rings (SSSR count). The van der Waals surface area contributed by atoms with Crippen LogP contribution in [0.4, 0.5) is 0 Å². The molecule has 0 fully saturated rings. The zero-order valence-electron chi connectivity index (χ0n) is 10.3. The summed E-state index contributed by atoms with van der Waals surface area (Å²) >= 11 is 0. The maximum Gasteiger partial charge on any atom is 0.302 e. The summed E-state index contributed by atoms with van der Waals surface area (Å²) in [6.45, 7) is 4.92. The SMILES string of the molecule is CCn1c(C)cnc1Oc1ccc(OC)cc1. The van der Waals surface area contributed by atoms with E-state index in [0.717, 1.165) is 23.7 Å². The summed E-state index contributed by atoms with van der Waals surface area (Å²) in [4.78, 5) is 4.23. The van der Waals surface area contributed by atoms with E-state index in [1.165, 1.54) is 0 Å². The van der Waals surface area contributed by atoms with Gasteiger partial charge in [-0.1, -0.05) is 0 Å². The molecule has 90 valence electrons. The summed E-state index contributed by atoms with van der Waals surface area (Å²) in [5.74, 6) is 1.57. The maximum absolute atomic E-state index is 5.72. The van der Waals surface area contributed by atoms with Crippen LogP contribution in [0.25, 0.3) is 0 Å². The van der Waals surface area contributed by atoms with E-state index in [4.69, 9.17) is 9.47 Å². The highest BCUT2D eigenvalue weighted by molar-refractivity contribution is 5.32. The number of imidazole rings is 1. The van der Waals surface area contributed by atoms with Crippen molar-refractivity contribution in [3.8, 4) is 17.5 Å². The van der Waals surface area contributed by atoms with Crippen LogP contribution in [-0.2, 0) is 6.54 Å². The van der Waals surface area contributed by atoms with Crippen molar-refractivity contribution < 1.29 is 9.47 Å². The van der Waals surface area contributed by atoms with Crippen molar-refractivity contribution >= 4 is 0 Å². The molecule has 0 N–H and O–H groups in total. The van der Waals surface area contributed by atoms with Gasteiger partial charge in [0.2, 0.25) is 0 Å². The average molecular weight is 232 g/mol. The van der Waals surface area contributed by atoms with Gasteiger partial charge < -0.3 is 9.47 Å². The Morgan fingerprint density at radius 3 is 2.41 bits per heavy atom. The van der Waals surface area contributed by atoms with E-state index in [1.54, 1.807) is 7.11 Å². The molecule has 0 spiro atoms. The Bertz CT molecular complexity index is 489. The fourth-order valence-corrected chi connectivity index (χ4v) is 1.65. The summed E-state index contributed by atoms with van der Waals surface area (Å²) < 4.78 is 12.8. The number of aryl methyl sites for hydroxylation is 1. The molecule has 0 bridgehead atoms. The number of hydrogen-bond acceptors (Lipinski definition) is 3. The van der Waals surface area contributed by atoms with E-state index in [2.05, 4.69) is 11.9 Å². The fourth-order valence-electron chi connectivity index (χ4n) is 1.65. The van der Waals surface area contributed by atoms with Crippen LogP contribution in [0.5, 0.6) is 17.5 Å². The molecule has 0 amide bonds. The van der Waals surface area contributed by atoms with Crippen LogP contribution in [-0.4, -0.2) is 16.7 Å². The third-order valence-corrected chi connectivity index (χ3v) is 2.60. The zero-order chi connectivity index (χ0) is 12.3. The number of benzene rings is 1. The monoisotopic (exact) mass is 232 g/mol. The molecular formula is C13H16N2O2.